The van der Waals surface area contributed by atoms with Crippen molar-refractivity contribution in [1.82, 2.24) is 30.6 Å². The molecule has 0 fully saturated rings. The summed E-state index contributed by atoms with van der Waals surface area (Å²) >= 11 is 3.30. The molecule has 2 aromatic heterocycles. The quantitative estimate of drug-likeness (QED) is 0.547. The second-order valence-electron chi connectivity index (χ2n) is 5.75. The van der Waals surface area contributed by atoms with Gasteiger partial charge >= 0.3 is 11.8 Å². The molecule has 140 valence electrons. The first kappa shape index (κ1) is 18.8. The highest BCUT2D eigenvalue weighted by molar-refractivity contribution is 9.10. The van der Waals surface area contributed by atoms with Crippen LogP contribution in [0.25, 0.3) is 0 Å². The Kier molecular flexibility index (Phi) is 5.97. The second kappa shape index (κ2) is 8.58. The van der Waals surface area contributed by atoms with Crippen molar-refractivity contribution < 1.29 is 14.1 Å². The van der Waals surface area contributed by atoms with Gasteiger partial charge in [0.1, 0.15) is 6.54 Å². The van der Waals surface area contributed by atoms with Gasteiger partial charge in [-0.15, -0.1) is 0 Å². The highest BCUT2D eigenvalue weighted by Crippen LogP contribution is 2.08. The van der Waals surface area contributed by atoms with E-state index in [-0.39, 0.29) is 31.4 Å². The maximum absolute atomic E-state index is 12.0. The lowest BCUT2D eigenvalue weighted by Crippen LogP contribution is -2.34. The Balaban J connectivity index is 1.43. The van der Waals surface area contributed by atoms with Crippen LogP contribution in [0.5, 0.6) is 0 Å². The summed E-state index contributed by atoms with van der Waals surface area (Å²) < 4.78 is 7.39. The molecule has 3 aromatic rings. The van der Waals surface area contributed by atoms with E-state index in [1.807, 2.05) is 19.1 Å². The number of aryl methyl sites for hydroxylation is 1. The molecule has 0 aliphatic carbocycles. The Morgan fingerprint density at radius 3 is 2.70 bits per heavy atom. The number of carbonyl (C=O) groups is 2. The van der Waals surface area contributed by atoms with Gasteiger partial charge in [0.05, 0.1) is 10.7 Å². The third-order valence-electron chi connectivity index (χ3n) is 3.54. The lowest BCUT2D eigenvalue weighted by Gasteiger charge is -2.06. The van der Waals surface area contributed by atoms with Crippen LogP contribution in [0, 0.1) is 6.92 Å². The second-order valence-corrected chi connectivity index (χ2v) is 6.67. The number of rotatable bonds is 7. The van der Waals surface area contributed by atoms with Gasteiger partial charge in [-0.25, -0.2) is 0 Å². The van der Waals surface area contributed by atoms with Gasteiger partial charge in [-0.05, 0) is 35.0 Å². The van der Waals surface area contributed by atoms with Crippen molar-refractivity contribution in [2.24, 2.45) is 0 Å². The molecular weight excluding hydrogens is 416 g/mol. The van der Waals surface area contributed by atoms with Gasteiger partial charge < -0.3 is 15.2 Å². The molecule has 2 amide bonds. The Hall–Kier alpha value is -3.01. The number of amides is 2. The third kappa shape index (κ3) is 5.23. The molecule has 0 spiro atoms. The highest BCUT2D eigenvalue weighted by Gasteiger charge is 2.15. The van der Waals surface area contributed by atoms with E-state index in [1.165, 1.54) is 0 Å². The van der Waals surface area contributed by atoms with Crippen molar-refractivity contribution >= 4 is 27.7 Å². The van der Waals surface area contributed by atoms with E-state index in [9.17, 15) is 9.59 Å². The molecule has 0 aliphatic rings. The summed E-state index contributed by atoms with van der Waals surface area (Å²) in [5.74, 6) is -0.497. The number of nitrogens with zero attached hydrogens (tertiary/aromatic N) is 4. The number of hydrogen-bond donors (Lipinski definition) is 2. The third-order valence-corrected chi connectivity index (χ3v) is 3.95. The zero-order valence-corrected chi connectivity index (χ0v) is 16.1. The summed E-state index contributed by atoms with van der Waals surface area (Å²) in [6, 6.07) is 7.27. The maximum atomic E-state index is 12.0. The molecule has 0 saturated heterocycles. The first-order valence-corrected chi connectivity index (χ1v) is 8.94. The summed E-state index contributed by atoms with van der Waals surface area (Å²) in [6.07, 6.45) is 3.39. The van der Waals surface area contributed by atoms with Gasteiger partial charge in [0, 0.05) is 24.8 Å². The molecule has 3 rings (SSSR count). The normalized spacial score (nSPS) is 10.6. The smallest absolute Gasteiger partial charge is 0.316 e. The van der Waals surface area contributed by atoms with Crippen LogP contribution in [0.15, 0.2) is 45.7 Å². The summed E-state index contributed by atoms with van der Waals surface area (Å²) in [7, 11) is 0. The van der Waals surface area contributed by atoms with Gasteiger partial charge in [-0.1, -0.05) is 22.9 Å². The fourth-order valence-corrected chi connectivity index (χ4v) is 2.62. The summed E-state index contributed by atoms with van der Waals surface area (Å²) in [5, 5.41) is 13.2. The Morgan fingerprint density at radius 1 is 1.22 bits per heavy atom. The Labute approximate surface area is 163 Å². The topological polar surface area (TPSA) is 115 Å². The molecule has 0 bridgehead atoms. The molecule has 0 saturated carbocycles. The van der Waals surface area contributed by atoms with Crippen LogP contribution >= 0.6 is 15.9 Å². The zero-order chi connectivity index (χ0) is 19.2. The van der Waals surface area contributed by atoms with E-state index in [1.54, 1.807) is 29.2 Å². The summed E-state index contributed by atoms with van der Waals surface area (Å²) in [6.45, 7) is 2.72. The Morgan fingerprint density at radius 2 is 2.00 bits per heavy atom. The SMILES string of the molecule is Cc1cccc(C(=O)NCCNC(=O)c2nc(Cn3cc(Br)cn3)no2)c1. The first-order valence-electron chi connectivity index (χ1n) is 8.15. The molecule has 2 N–H and O–H groups in total. The van der Waals surface area contributed by atoms with Gasteiger partial charge in [0.15, 0.2) is 5.82 Å². The summed E-state index contributed by atoms with van der Waals surface area (Å²) in [4.78, 5) is 28.1. The van der Waals surface area contributed by atoms with E-state index >= 15 is 0 Å². The predicted molar refractivity (Wildman–Crippen MR) is 99.2 cm³/mol. The number of benzene rings is 1. The van der Waals surface area contributed by atoms with Gasteiger partial charge in [-0.2, -0.15) is 10.1 Å². The van der Waals surface area contributed by atoms with E-state index in [0.717, 1.165) is 10.0 Å². The fourth-order valence-electron chi connectivity index (χ4n) is 2.30. The van der Waals surface area contributed by atoms with Crippen LogP contribution < -0.4 is 10.6 Å². The van der Waals surface area contributed by atoms with E-state index in [0.29, 0.717) is 11.4 Å². The molecule has 2 heterocycles. The van der Waals surface area contributed by atoms with Crippen LogP contribution in [-0.2, 0) is 6.54 Å². The molecule has 0 atom stereocenters. The average Bonchev–Trinajstić information content (AvgIpc) is 3.28. The van der Waals surface area contributed by atoms with Crippen LogP contribution in [-0.4, -0.2) is 44.8 Å². The number of halogens is 1. The van der Waals surface area contributed by atoms with Crippen molar-refractivity contribution in [1.29, 1.82) is 0 Å². The van der Waals surface area contributed by atoms with E-state index in [2.05, 4.69) is 41.8 Å². The first-order chi connectivity index (χ1) is 13.0. The molecule has 27 heavy (non-hydrogen) atoms. The lowest BCUT2D eigenvalue weighted by atomic mass is 10.1. The van der Waals surface area contributed by atoms with Crippen molar-refractivity contribution in [3.8, 4) is 0 Å². The summed E-state index contributed by atoms with van der Waals surface area (Å²) in [5.41, 5.74) is 1.58. The predicted octanol–water partition coefficient (Wildman–Crippen LogP) is 1.55. The van der Waals surface area contributed by atoms with Crippen LogP contribution in [0.3, 0.4) is 0 Å². The minimum absolute atomic E-state index is 0.138. The van der Waals surface area contributed by atoms with Gasteiger partial charge in [0.2, 0.25) is 0 Å². The number of hydrogen-bond acceptors (Lipinski definition) is 6. The highest BCUT2D eigenvalue weighted by atomic mass is 79.9. The average molecular weight is 433 g/mol. The van der Waals surface area contributed by atoms with Crippen molar-refractivity contribution in [3.63, 3.8) is 0 Å². The van der Waals surface area contributed by atoms with Crippen molar-refractivity contribution in [2.45, 2.75) is 13.5 Å². The van der Waals surface area contributed by atoms with Crippen LogP contribution in [0.4, 0.5) is 0 Å². The molecule has 0 radical (unpaired) electrons. The molecular formula is C17H17BrN6O3. The zero-order valence-electron chi connectivity index (χ0n) is 14.5. The minimum atomic E-state index is -0.500. The monoisotopic (exact) mass is 432 g/mol. The molecule has 9 nitrogen and oxygen atoms in total. The maximum Gasteiger partial charge on any atom is 0.316 e. The minimum Gasteiger partial charge on any atom is -0.350 e. The lowest BCUT2D eigenvalue weighted by molar-refractivity contribution is 0.0898. The van der Waals surface area contributed by atoms with E-state index < -0.39 is 5.91 Å². The van der Waals surface area contributed by atoms with E-state index in [4.69, 9.17) is 4.52 Å². The van der Waals surface area contributed by atoms with Crippen molar-refractivity contribution in [2.75, 3.05) is 13.1 Å². The number of nitrogens with one attached hydrogen (secondary N) is 2. The molecule has 0 aliphatic heterocycles. The number of aromatic nitrogens is 4. The fraction of sp³-hybridized carbons (Fsp3) is 0.235. The largest absolute Gasteiger partial charge is 0.350 e. The number of carbonyl (C=O) groups excluding carboxylic acids is 2. The molecule has 1 aromatic carbocycles. The Bertz CT molecular complexity index is 952. The van der Waals surface area contributed by atoms with Gasteiger partial charge in [0.25, 0.3) is 5.91 Å². The van der Waals surface area contributed by atoms with Crippen LogP contribution in [0.2, 0.25) is 0 Å². The van der Waals surface area contributed by atoms with Crippen molar-refractivity contribution in [3.05, 3.63) is 64.0 Å². The van der Waals surface area contributed by atoms with Crippen LogP contribution in [0.1, 0.15) is 32.4 Å². The molecule has 0 unspecified atom stereocenters. The molecule has 10 heteroatoms. The van der Waals surface area contributed by atoms with Gasteiger partial charge in [-0.3, -0.25) is 14.3 Å². The standard InChI is InChI=1S/C17H17BrN6O3/c1-11-3-2-4-12(7-11)15(25)19-5-6-20-16(26)17-22-14(23-27-17)10-24-9-13(18)8-21-24/h2-4,7-9H,5-6,10H2,1H3,(H,19,25)(H,20,26).